The van der Waals surface area contributed by atoms with Crippen molar-refractivity contribution >= 4 is 61.4 Å². The van der Waals surface area contributed by atoms with Crippen LogP contribution in [0.25, 0.3) is 10.1 Å². The Morgan fingerprint density at radius 3 is 2.82 bits per heavy atom. The minimum absolute atomic E-state index is 0. The van der Waals surface area contributed by atoms with Crippen LogP contribution in [0.15, 0.2) is 22.0 Å². The molecule has 0 saturated carbocycles. The van der Waals surface area contributed by atoms with E-state index < -0.39 is 0 Å². The molecular weight excluding hydrogens is 345 g/mol. The third-order valence-corrected chi connectivity index (χ3v) is 4.58. The molecule has 1 aromatic carbocycles. The molecule has 0 radical (unpaired) electrons. The Labute approximate surface area is 123 Å². The average Bonchev–Trinajstić information content (AvgIpc) is 2.53. The summed E-state index contributed by atoms with van der Waals surface area (Å²) in [5.41, 5.74) is 7.08. The minimum atomic E-state index is -0.161. The molecule has 6 heteroatoms. The first kappa shape index (κ1) is 15.2. The van der Waals surface area contributed by atoms with Gasteiger partial charge in [-0.2, -0.15) is 0 Å². The molecule has 2 nitrogen and oxygen atoms in total. The van der Waals surface area contributed by atoms with Crippen LogP contribution in [0.5, 0.6) is 0 Å². The fourth-order valence-electron chi connectivity index (χ4n) is 1.69. The maximum absolute atomic E-state index is 8.94. The zero-order valence-electron chi connectivity index (χ0n) is 8.82. The molecule has 0 fully saturated rings. The molecule has 0 aliphatic heterocycles. The summed E-state index contributed by atoms with van der Waals surface area (Å²) in [7, 11) is 0. The first-order valence-corrected chi connectivity index (χ1v) is 6.86. The predicted octanol–water partition coefficient (Wildman–Crippen LogP) is 4.12. The second kappa shape index (κ2) is 6.36. The van der Waals surface area contributed by atoms with Crippen LogP contribution in [0.4, 0.5) is 0 Å². The number of halogens is 3. The minimum Gasteiger partial charge on any atom is -0.396 e. The van der Waals surface area contributed by atoms with Gasteiger partial charge in [0.25, 0.3) is 0 Å². The van der Waals surface area contributed by atoms with Gasteiger partial charge in [0.1, 0.15) is 0 Å². The van der Waals surface area contributed by atoms with Crippen LogP contribution in [0, 0.1) is 0 Å². The van der Waals surface area contributed by atoms with Crippen molar-refractivity contribution in [2.45, 2.75) is 12.5 Å². The Morgan fingerprint density at radius 1 is 1.47 bits per heavy atom. The van der Waals surface area contributed by atoms with E-state index in [-0.39, 0.29) is 25.1 Å². The molecule has 1 aromatic heterocycles. The summed E-state index contributed by atoms with van der Waals surface area (Å²) in [6.45, 7) is 0.0888. The number of thiophene rings is 1. The number of rotatable bonds is 3. The van der Waals surface area contributed by atoms with Crippen molar-refractivity contribution in [3.63, 3.8) is 0 Å². The predicted molar refractivity (Wildman–Crippen MR) is 80.4 cm³/mol. The van der Waals surface area contributed by atoms with Gasteiger partial charge in [0, 0.05) is 27.9 Å². The fourth-order valence-corrected chi connectivity index (χ4v) is 3.87. The lowest BCUT2D eigenvalue weighted by molar-refractivity contribution is 0.277. The van der Waals surface area contributed by atoms with Crippen molar-refractivity contribution in [1.82, 2.24) is 0 Å². The van der Waals surface area contributed by atoms with Crippen LogP contribution < -0.4 is 5.73 Å². The molecule has 0 spiro atoms. The lowest BCUT2D eigenvalue weighted by Crippen LogP contribution is -2.11. The lowest BCUT2D eigenvalue weighted by atomic mass is 10.0. The van der Waals surface area contributed by atoms with E-state index in [0.29, 0.717) is 11.4 Å². The summed E-state index contributed by atoms with van der Waals surface area (Å²) in [5, 5.41) is 10.7. The molecule has 0 saturated heterocycles. The number of aliphatic hydroxyl groups is 1. The van der Waals surface area contributed by atoms with E-state index in [0.717, 1.165) is 19.4 Å². The Bertz CT molecular complexity index is 517. The van der Waals surface area contributed by atoms with Crippen LogP contribution >= 0.6 is 51.3 Å². The molecule has 2 aromatic rings. The smallest absolute Gasteiger partial charge is 0.0758 e. The zero-order valence-corrected chi connectivity index (χ0v) is 12.8. The van der Waals surface area contributed by atoms with Crippen molar-refractivity contribution in [3.8, 4) is 0 Å². The fraction of sp³-hybridized carbons (Fsp3) is 0.273. The number of aliphatic hydroxyl groups excluding tert-OH is 1. The number of hydrogen-bond acceptors (Lipinski definition) is 3. The molecule has 94 valence electrons. The number of benzene rings is 1. The van der Waals surface area contributed by atoms with Crippen LogP contribution in [0.2, 0.25) is 5.02 Å². The van der Waals surface area contributed by atoms with Gasteiger partial charge in [-0.1, -0.05) is 11.6 Å². The van der Waals surface area contributed by atoms with Crippen molar-refractivity contribution in [3.05, 3.63) is 32.6 Å². The number of hydrogen-bond donors (Lipinski definition) is 2. The zero-order chi connectivity index (χ0) is 11.7. The molecule has 1 heterocycles. The van der Waals surface area contributed by atoms with E-state index in [2.05, 4.69) is 15.9 Å². The quantitative estimate of drug-likeness (QED) is 0.868. The largest absolute Gasteiger partial charge is 0.396 e. The summed E-state index contributed by atoms with van der Waals surface area (Å²) in [5.74, 6) is 0. The van der Waals surface area contributed by atoms with E-state index in [9.17, 15) is 0 Å². The summed E-state index contributed by atoms with van der Waals surface area (Å²) < 4.78 is 2.17. The molecule has 17 heavy (non-hydrogen) atoms. The molecule has 0 bridgehead atoms. The van der Waals surface area contributed by atoms with E-state index in [1.807, 2.05) is 18.2 Å². The van der Waals surface area contributed by atoms with Gasteiger partial charge in [0.05, 0.1) is 3.79 Å². The van der Waals surface area contributed by atoms with Gasteiger partial charge >= 0.3 is 0 Å². The maximum atomic E-state index is 8.94. The molecule has 0 aliphatic rings. The van der Waals surface area contributed by atoms with Crippen LogP contribution in [0.1, 0.15) is 18.0 Å². The van der Waals surface area contributed by atoms with E-state index in [1.165, 1.54) is 0 Å². The van der Waals surface area contributed by atoms with Crippen molar-refractivity contribution in [2.75, 3.05) is 6.61 Å². The molecule has 0 aliphatic carbocycles. The Balaban J connectivity index is 0.00000144. The highest BCUT2D eigenvalue weighted by Crippen LogP contribution is 2.40. The third kappa shape index (κ3) is 3.13. The van der Waals surface area contributed by atoms with Gasteiger partial charge in [-0.25, -0.2) is 0 Å². The second-order valence-electron chi connectivity index (χ2n) is 3.55. The topological polar surface area (TPSA) is 46.2 Å². The molecule has 2 rings (SSSR count). The van der Waals surface area contributed by atoms with Gasteiger partial charge in [-0.15, -0.1) is 23.7 Å². The van der Waals surface area contributed by atoms with E-state index >= 15 is 0 Å². The highest BCUT2D eigenvalue weighted by atomic mass is 79.9. The second-order valence-corrected chi connectivity index (χ2v) is 6.36. The first-order valence-electron chi connectivity index (χ1n) is 4.87. The van der Waals surface area contributed by atoms with Gasteiger partial charge in [0.15, 0.2) is 0 Å². The monoisotopic (exact) mass is 355 g/mol. The standard InChI is InChI=1S/C11H11BrClNOS.ClH/c12-11-10(8(14)3-4-15)7-5-6(13)1-2-9(7)16-11;/h1-2,5,8,15H,3-4,14H2;1H. The Morgan fingerprint density at radius 2 is 2.18 bits per heavy atom. The van der Waals surface area contributed by atoms with Crippen LogP contribution in [-0.2, 0) is 0 Å². The summed E-state index contributed by atoms with van der Waals surface area (Å²) in [4.78, 5) is 0. The van der Waals surface area contributed by atoms with Gasteiger partial charge in [0.2, 0.25) is 0 Å². The SMILES string of the molecule is Cl.NC(CCO)c1c(Br)sc2ccc(Cl)cc12. The highest BCUT2D eigenvalue weighted by Gasteiger charge is 2.16. The normalized spacial score (nSPS) is 12.5. The highest BCUT2D eigenvalue weighted by molar-refractivity contribution is 9.11. The van der Waals surface area contributed by atoms with Crippen molar-refractivity contribution in [1.29, 1.82) is 0 Å². The lowest BCUT2D eigenvalue weighted by Gasteiger charge is -2.10. The van der Waals surface area contributed by atoms with Gasteiger partial charge in [-0.05, 0) is 45.9 Å². The number of nitrogens with two attached hydrogens (primary N) is 1. The summed E-state index contributed by atoms with van der Waals surface area (Å²) >= 11 is 11.1. The van der Waals surface area contributed by atoms with Crippen molar-refractivity contribution in [2.24, 2.45) is 5.73 Å². The molecule has 1 unspecified atom stereocenters. The maximum Gasteiger partial charge on any atom is 0.0758 e. The first-order chi connectivity index (χ1) is 7.63. The van der Waals surface area contributed by atoms with Crippen molar-refractivity contribution < 1.29 is 5.11 Å². The summed E-state index contributed by atoms with van der Waals surface area (Å²) in [6, 6.07) is 5.62. The van der Waals surface area contributed by atoms with E-state index in [4.69, 9.17) is 22.4 Å². The summed E-state index contributed by atoms with van der Waals surface area (Å²) in [6.07, 6.45) is 0.553. The molecule has 3 N–H and O–H groups in total. The Kier molecular flexibility index (Phi) is 5.70. The number of fused-ring (bicyclic) bond motifs is 1. The van der Waals surface area contributed by atoms with Gasteiger partial charge < -0.3 is 10.8 Å². The van der Waals surface area contributed by atoms with E-state index in [1.54, 1.807) is 11.3 Å². The van der Waals surface area contributed by atoms with Crippen LogP contribution in [0.3, 0.4) is 0 Å². The third-order valence-electron chi connectivity index (χ3n) is 2.45. The average molecular weight is 357 g/mol. The Hall–Kier alpha value is 0.160. The molecule has 0 amide bonds. The van der Waals surface area contributed by atoms with Gasteiger partial charge in [-0.3, -0.25) is 0 Å². The molecule has 1 atom stereocenters. The van der Waals surface area contributed by atoms with Crippen LogP contribution in [-0.4, -0.2) is 11.7 Å². The molecular formula is C11H12BrCl2NOS.